The monoisotopic (exact) mass is 431 g/mol. The summed E-state index contributed by atoms with van der Waals surface area (Å²) in [5.41, 5.74) is 3.07. The number of hydrogen-bond acceptors (Lipinski definition) is 4. The number of carbonyl (C=O) groups is 1. The van der Waals surface area contributed by atoms with Gasteiger partial charge in [-0.15, -0.1) is 0 Å². The minimum absolute atomic E-state index is 0.179. The van der Waals surface area contributed by atoms with Crippen LogP contribution in [-0.2, 0) is 0 Å². The molecule has 0 N–H and O–H groups in total. The highest BCUT2D eigenvalue weighted by Crippen LogP contribution is 2.27. The zero-order valence-corrected chi connectivity index (χ0v) is 17.9. The number of aromatic nitrogens is 1. The molecule has 0 aliphatic heterocycles. The highest BCUT2D eigenvalue weighted by Gasteiger charge is 2.20. The highest BCUT2D eigenvalue weighted by molar-refractivity contribution is 6.32. The topological polar surface area (TPSA) is 52.3 Å². The van der Waals surface area contributed by atoms with E-state index in [0.29, 0.717) is 33.9 Å². The van der Waals surface area contributed by atoms with Gasteiger partial charge in [-0.1, -0.05) is 49.2 Å². The van der Waals surface area contributed by atoms with E-state index in [4.69, 9.17) is 20.8 Å². The molecule has 1 heterocycles. The highest BCUT2D eigenvalue weighted by atomic mass is 35.5. The van der Waals surface area contributed by atoms with Gasteiger partial charge in [0, 0.05) is 10.6 Å². The third-order valence-corrected chi connectivity index (χ3v) is 5.09. The fourth-order valence-electron chi connectivity index (χ4n) is 3.13. The third kappa shape index (κ3) is 5.04. The van der Waals surface area contributed by atoms with Crippen molar-refractivity contribution in [3.63, 3.8) is 0 Å². The molecule has 0 fully saturated rings. The molecule has 31 heavy (non-hydrogen) atoms. The number of ketones is 1. The van der Waals surface area contributed by atoms with Gasteiger partial charge in [0.05, 0.1) is 12.2 Å². The average Bonchev–Trinajstić information content (AvgIpc) is 3.23. The van der Waals surface area contributed by atoms with E-state index >= 15 is 0 Å². The lowest BCUT2D eigenvalue weighted by atomic mass is 10.0. The number of ether oxygens (including phenoxy) is 1. The van der Waals surface area contributed by atoms with Gasteiger partial charge in [0.15, 0.2) is 11.4 Å². The molecule has 4 nitrogen and oxygen atoms in total. The maximum Gasteiger partial charge on any atom is 0.231 e. The molecule has 0 bridgehead atoms. The molecule has 0 spiro atoms. The van der Waals surface area contributed by atoms with Gasteiger partial charge in [-0.25, -0.2) is 4.98 Å². The largest absolute Gasteiger partial charge is 0.494 e. The van der Waals surface area contributed by atoms with Crippen LogP contribution in [0.15, 0.2) is 77.2 Å². The number of Topliss-reactive ketones (excluding diaryl/α,β-unsaturated/α-hetero) is 1. The lowest BCUT2D eigenvalue weighted by molar-refractivity contribution is 0.105. The summed E-state index contributed by atoms with van der Waals surface area (Å²) in [6.07, 6.45) is 3.83. The Kier molecular flexibility index (Phi) is 6.48. The molecular formula is C26H22ClNO3. The Balaban J connectivity index is 1.69. The first-order valence-electron chi connectivity index (χ1n) is 10.2. The minimum atomic E-state index is -0.179. The van der Waals surface area contributed by atoms with Crippen molar-refractivity contribution in [1.82, 2.24) is 4.98 Å². The number of hydrogen-bond donors (Lipinski definition) is 0. The van der Waals surface area contributed by atoms with Crippen LogP contribution < -0.4 is 4.74 Å². The van der Waals surface area contributed by atoms with E-state index in [1.807, 2.05) is 48.5 Å². The summed E-state index contributed by atoms with van der Waals surface area (Å²) in [5, 5.41) is 0.630. The van der Waals surface area contributed by atoms with E-state index in [9.17, 15) is 4.79 Å². The Bertz CT molecular complexity index is 1170. The van der Waals surface area contributed by atoms with E-state index in [2.05, 4.69) is 11.9 Å². The molecule has 0 aliphatic rings. The van der Waals surface area contributed by atoms with Crippen LogP contribution in [0.4, 0.5) is 0 Å². The van der Waals surface area contributed by atoms with Gasteiger partial charge in [0.25, 0.3) is 0 Å². The van der Waals surface area contributed by atoms with Crippen LogP contribution in [0.2, 0.25) is 5.02 Å². The summed E-state index contributed by atoms with van der Waals surface area (Å²) in [5.74, 6) is 0.848. The SMILES string of the molecule is CCCCOc1ccc(C(=O)/C(=C/c2ccc(Cl)cc2)c2nc3ccccc3o2)cc1. The molecule has 0 aliphatic carbocycles. The molecule has 4 aromatic rings. The molecule has 4 rings (SSSR count). The fraction of sp³-hybridized carbons (Fsp3) is 0.154. The second-order valence-corrected chi connectivity index (χ2v) is 7.59. The molecule has 0 unspecified atom stereocenters. The number of allylic oxidation sites excluding steroid dienone is 1. The van der Waals surface area contributed by atoms with Crippen LogP contribution in [0.3, 0.4) is 0 Å². The summed E-state index contributed by atoms with van der Waals surface area (Å²) in [4.78, 5) is 18.0. The van der Waals surface area contributed by atoms with Crippen molar-refractivity contribution in [3.8, 4) is 5.75 Å². The molecular weight excluding hydrogens is 410 g/mol. The molecule has 0 radical (unpaired) electrons. The zero-order chi connectivity index (χ0) is 21.6. The van der Waals surface area contributed by atoms with E-state index in [0.717, 1.165) is 24.2 Å². The van der Waals surface area contributed by atoms with Crippen molar-refractivity contribution < 1.29 is 13.9 Å². The van der Waals surface area contributed by atoms with Gasteiger partial charge < -0.3 is 9.15 Å². The van der Waals surface area contributed by atoms with Gasteiger partial charge in [0.1, 0.15) is 11.3 Å². The predicted molar refractivity (Wildman–Crippen MR) is 125 cm³/mol. The molecule has 156 valence electrons. The maximum atomic E-state index is 13.4. The number of halogens is 1. The van der Waals surface area contributed by atoms with Crippen LogP contribution in [0.5, 0.6) is 5.75 Å². The number of oxazole rings is 1. The standard InChI is InChI=1S/C26H22ClNO3/c1-2-3-16-30-21-14-10-19(11-15-21)25(29)22(17-18-8-12-20(27)13-9-18)26-28-23-6-4-5-7-24(23)31-26/h4-15,17H,2-3,16H2,1H3/b22-17-. The van der Waals surface area contributed by atoms with Gasteiger partial charge in [-0.3, -0.25) is 4.79 Å². The van der Waals surface area contributed by atoms with Crippen molar-refractivity contribution >= 4 is 40.1 Å². The van der Waals surface area contributed by atoms with E-state index in [1.54, 1.807) is 30.3 Å². The van der Waals surface area contributed by atoms with Crippen LogP contribution in [-0.4, -0.2) is 17.4 Å². The molecule has 0 saturated heterocycles. The first-order chi connectivity index (χ1) is 15.1. The number of benzene rings is 3. The number of fused-ring (bicyclic) bond motifs is 1. The summed E-state index contributed by atoms with van der Waals surface area (Å²) >= 11 is 6.01. The number of carbonyl (C=O) groups excluding carboxylic acids is 1. The zero-order valence-electron chi connectivity index (χ0n) is 17.2. The third-order valence-electron chi connectivity index (χ3n) is 4.83. The second kappa shape index (κ2) is 9.63. The Labute approximate surface area is 186 Å². The lowest BCUT2D eigenvalue weighted by Crippen LogP contribution is -2.04. The first kappa shape index (κ1) is 20.9. The van der Waals surface area contributed by atoms with Gasteiger partial charge in [-0.05, 0) is 66.6 Å². The van der Waals surface area contributed by atoms with Crippen LogP contribution in [0.25, 0.3) is 22.7 Å². The van der Waals surface area contributed by atoms with Crippen molar-refractivity contribution in [3.05, 3.63) is 94.8 Å². The van der Waals surface area contributed by atoms with E-state index < -0.39 is 0 Å². The average molecular weight is 432 g/mol. The lowest BCUT2D eigenvalue weighted by Gasteiger charge is -2.07. The van der Waals surface area contributed by atoms with Crippen molar-refractivity contribution in [2.24, 2.45) is 0 Å². The summed E-state index contributed by atoms with van der Waals surface area (Å²) in [6.45, 7) is 2.78. The number of rotatable bonds is 8. The Morgan fingerprint density at radius 2 is 1.77 bits per heavy atom. The van der Waals surface area contributed by atoms with E-state index in [1.165, 1.54) is 0 Å². The predicted octanol–water partition coefficient (Wildman–Crippen LogP) is 7.08. The molecule has 1 aromatic heterocycles. The Morgan fingerprint density at radius 1 is 1.03 bits per heavy atom. The van der Waals surface area contributed by atoms with Crippen LogP contribution in [0.1, 0.15) is 41.6 Å². The molecule has 0 amide bonds. The van der Waals surface area contributed by atoms with E-state index in [-0.39, 0.29) is 11.7 Å². The van der Waals surface area contributed by atoms with Crippen LogP contribution in [0, 0.1) is 0 Å². The smallest absolute Gasteiger partial charge is 0.231 e. The van der Waals surface area contributed by atoms with Crippen LogP contribution >= 0.6 is 11.6 Å². The summed E-state index contributed by atoms with van der Waals surface area (Å²) in [6, 6.07) is 21.9. The van der Waals surface area contributed by atoms with Gasteiger partial charge >= 0.3 is 0 Å². The fourth-order valence-corrected chi connectivity index (χ4v) is 3.26. The number of nitrogens with zero attached hydrogens (tertiary/aromatic N) is 1. The molecule has 0 atom stereocenters. The number of unbranched alkanes of at least 4 members (excludes halogenated alkanes) is 1. The summed E-state index contributed by atoms with van der Waals surface area (Å²) in [7, 11) is 0. The molecule has 5 heteroatoms. The van der Waals surface area contributed by atoms with Crippen molar-refractivity contribution in [2.45, 2.75) is 19.8 Å². The molecule has 0 saturated carbocycles. The Hall–Kier alpha value is -3.37. The quantitative estimate of drug-likeness (QED) is 0.170. The van der Waals surface area contributed by atoms with Gasteiger partial charge in [-0.2, -0.15) is 0 Å². The maximum absolute atomic E-state index is 13.4. The number of para-hydroxylation sites is 2. The molecule has 3 aromatic carbocycles. The van der Waals surface area contributed by atoms with Crippen molar-refractivity contribution in [2.75, 3.05) is 6.61 Å². The minimum Gasteiger partial charge on any atom is -0.494 e. The second-order valence-electron chi connectivity index (χ2n) is 7.15. The van der Waals surface area contributed by atoms with Crippen molar-refractivity contribution in [1.29, 1.82) is 0 Å². The van der Waals surface area contributed by atoms with Gasteiger partial charge in [0.2, 0.25) is 5.89 Å². The summed E-state index contributed by atoms with van der Waals surface area (Å²) < 4.78 is 11.6. The first-order valence-corrected chi connectivity index (χ1v) is 10.6. The Morgan fingerprint density at radius 3 is 2.48 bits per heavy atom. The normalized spacial score (nSPS) is 11.6.